The van der Waals surface area contributed by atoms with E-state index >= 15 is 0 Å². The summed E-state index contributed by atoms with van der Waals surface area (Å²) in [6.07, 6.45) is 1.63. The first-order valence-corrected chi connectivity index (χ1v) is 10.4. The first kappa shape index (κ1) is 20.3. The van der Waals surface area contributed by atoms with Crippen molar-refractivity contribution in [3.63, 3.8) is 0 Å². The van der Waals surface area contributed by atoms with Crippen molar-refractivity contribution in [3.05, 3.63) is 53.2 Å². The number of aromatic nitrogens is 3. The highest BCUT2D eigenvalue weighted by Crippen LogP contribution is 2.42. The van der Waals surface area contributed by atoms with Gasteiger partial charge in [0.1, 0.15) is 35.5 Å². The average molecular weight is 434 g/mol. The predicted octanol–water partition coefficient (Wildman–Crippen LogP) is 3.35. The molecule has 3 aromatic rings. The van der Waals surface area contributed by atoms with E-state index in [2.05, 4.69) is 16.0 Å². The van der Waals surface area contributed by atoms with Crippen molar-refractivity contribution in [2.75, 3.05) is 19.3 Å². The zero-order chi connectivity index (χ0) is 22.6. The number of likely N-dealkylation sites (N-methyl/N-ethyl adjacent to an activating group) is 1. The van der Waals surface area contributed by atoms with Gasteiger partial charge < -0.3 is 15.2 Å². The Labute approximate surface area is 185 Å². The van der Waals surface area contributed by atoms with Crippen LogP contribution >= 0.6 is 0 Å². The molecule has 0 aliphatic carbocycles. The summed E-state index contributed by atoms with van der Waals surface area (Å²) in [7, 11) is 3.76. The fourth-order valence-corrected chi connectivity index (χ4v) is 4.61. The van der Waals surface area contributed by atoms with Crippen molar-refractivity contribution >= 4 is 5.82 Å². The standard InChI is InChI=1S/C23H23FN6O2/c1-12-16-7-14(24)4-5-19(16)32-15-8-17(29(2)11-15)22-21(18(9-25)30(3)28-22)13-6-20(31-12)23(26)27-10-13/h4-7,10,12,15,17H,8,11H2,1-3H3,(H2,26,27)/t12-,15?,17?/m1/s1. The zero-order valence-electron chi connectivity index (χ0n) is 18.0. The van der Waals surface area contributed by atoms with Crippen LogP contribution < -0.4 is 15.2 Å². The summed E-state index contributed by atoms with van der Waals surface area (Å²) < 4.78 is 28.1. The number of pyridine rings is 1. The summed E-state index contributed by atoms with van der Waals surface area (Å²) in [4.78, 5) is 6.48. The quantitative estimate of drug-likeness (QED) is 0.579. The van der Waals surface area contributed by atoms with Crippen LogP contribution in [0.1, 0.15) is 42.4 Å². The van der Waals surface area contributed by atoms with Gasteiger partial charge in [-0.1, -0.05) is 0 Å². The molecule has 9 heteroatoms. The van der Waals surface area contributed by atoms with Crippen molar-refractivity contribution < 1.29 is 13.9 Å². The lowest BCUT2D eigenvalue weighted by atomic mass is 9.99. The van der Waals surface area contributed by atoms with Crippen LogP contribution in [-0.4, -0.2) is 39.4 Å². The molecule has 32 heavy (non-hydrogen) atoms. The lowest BCUT2D eigenvalue weighted by molar-refractivity contribution is 0.186. The number of fused-ring (bicyclic) bond motifs is 8. The number of hydrogen-bond acceptors (Lipinski definition) is 7. The lowest BCUT2D eigenvalue weighted by Crippen LogP contribution is -2.23. The summed E-state index contributed by atoms with van der Waals surface area (Å²) in [5.41, 5.74) is 9.31. The number of likely N-dealkylation sites (tertiary alicyclic amines) is 1. The Bertz CT molecular complexity index is 1250. The summed E-state index contributed by atoms with van der Waals surface area (Å²) in [6, 6.07) is 8.41. The smallest absolute Gasteiger partial charge is 0.166 e. The van der Waals surface area contributed by atoms with E-state index in [1.54, 1.807) is 30.1 Å². The van der Waals surface area contributed by atoms with E-state index in [-0.39, 0.29) is 23.8 Å². The van der Waals surface area contributed by atoms with Gasteiger partial charge in [0.2, 0.25) is 0 Å². The molecule has 2 N–H and O–H groups in total. The topological polar surface area (TPSA) is 102 Å². The third-order valence-electron chi connectivity index (χ3n) is 6.18. The highest BCUT2D eigenvalue weighted by atomic mass is 19.1. The second-order valence-corrected chi connectivity index (χ2v) is 8.32. The maximum Gasteiger partial charge on any atom is 0.166 e. The number of ether oxygens (including phenoxy) is 2. The summed E-state index contributed by atoms with van der Waals surface area (Å²) in [5, 5.41) is 14.5. The highest BCUT2D eigenvalue weighted by molar-refractivity contribution is 5.74. The molecule has 1 fully saturated rings. The normalized spacial score (nSPS) is 22.3. The summed E-state index contributed by atoms with van der Waals surface area (Å²) in [6.45, 7) is 2.48. The molecule has 2 unspecified atom stereocenters. The highest BCUT2D eigenvalue weighted by Gasteiger charge is 2.37. The molecule has 4 bridgehead atoms. The van der Waals surface area contributed by atoms with Crippen LogP contribution in [0.25, 0.3) is 11.1 Å². The van der Waals surface area contributed by atoms with Gasteiger partial charge in [0.25, 0.3) is 0 Å². The van der Waals surface area contributed by atoms with Crippen LogP contribution in [0.3, 0.4) is 0 Å². The SMILES string of the molecule is C[C@H]1Oc2cc(cnc2N)-c2c(nn(C)c2C#N)C2CC(CN2C)Oc2ccc(F)cc21. The van der Waals surface area contributed by atoms with Crippen molar-refractivity contribution in [3.8, 4) is 28.7 Å². The molecule has 5 rings (SSSR count). The number of nitrogen functional groups attached to an aromatic ring is 1. The van der Waals surface area contributed by atoms with E-state index < -0.39 is 6.10 Å². The molecule has 2 aliphatic rings. The van der Waals surface area contributed by atoms with E-state index in [0.717, 1.165) is 5.69 Å². The molecule has 8 nitrogen and oxygen atoms in total. The number of nitriles is 1. The van der Waals surface area contributed by atoms with Crippen molar-refractivity contribution in [2.45, 2.75) is 31.6 Å². The molecular formula is C23H23FN6O2. The second-order valence-electron chi connectivity index (χ2n) is 8.32. The third-order valence-corrected chi connectivity index (χ3v) is 6.18. The van der Waals surface area contributed by atoms with E-state index in [9.17, 15) is 9.65 Å². The van der Waals surface area contributed by atoms with E-state index in [1.807, 2.05) is 14.0 Å². The number of anilines is 1. The maximum absolute atomic E-state index is 14.1. The van der Waals surface area contributed by atoms with Gasteiger partial charge >= 0.3 is 0 Å². The predicted molar refractivity (Wildman–Crippen MR) is 115 cm³/mol. The van der Waals surface area contributed by atoms with Gasteiger partial charge in [0.05, 0.1) is 11.7 Å². The van der Waals surface area contributed by atoms with Crippen LogP contribution in [0.15, 0.2) is 30.5 Å². The van der Waals surface area contributed by atoms with Gasteiger partial charge in [-0.25, -0.2) is 9.37 Å². The van der Waals surface area contributed by atoms with E-state index in [0.29, 0.717) is 46.8 Å². The van der Waals surface area contributed by atoms with Gasteiger partial charge in [0, 0.05) is 42.9 Å². The van der Waals surface area contributed by atoms with Crippen molar-refractivity contribution in [2.24, 2.45) is 7.05 Å². The zero-order valence-corrected chi connectivity index (χ0v) is 18.0. The molecule has 0 amide bonds. The minimum absolute atomic E-state index is 0.0627. The first-order valence-electron chi connectivity index (χ1n) is 10.4. The average Bonchev–Trinajstić information content (AvgIpc) is 3.28. The lowest BCUT2D eigenvalue weighted by Gasteiger charge is -2.22. The number of benzene rings is 1. The van der Waals surface area contributed by atoms with Crippen LogP contribution in [0.4, 0.5) is 10.2 Å². The Morgan fingerprint density at radius 1 is 1.22 bits per heavy atom. The van der Waals surface area contributed by atoms with Crippen LogP contribution in [-0.2, 0) is 7.05 Å². The second kappa shape index (κ2) is 7.50. The van der Waals surface area contributed by atoms with Gasteiger partial charge in [-0.3, -0.25) is 9.58 Å². The van der Waals surface area contributed by atoms with Gasteiger partial charge in [0.15, 0.2) is 11.6 Å². The number of halogens is 1. The first-order chi connectivity index (χ1) is 15.4. The number of rotatable bonds is 0. The number of aryl methyl sites for hydroxylation is 1. The largest absolute Gasteiger partial charge is 0.489 e. The molecule has 0 radical (unpaired) electrons. The molecule has 1 saturated heterocycles. The van der Waals surface area contributed by atoms with E-state index in [1.165, 1.54) is 12.1 Å². The monoisotopic (exact) mass is 434 g/mol. The minimum Gasteiger partial charge on any atom is -0.489 e. The fourth-order valence-electron chi connectivity index (χ4n) is 4.61. The Hall–Kier alpha value is -3.64. The number of hydrogen-bond donors (Lipinski definition) is 1. The molecule has 2 aromatic heterocycles. The van der Waals surface area contributed by atoms with Gasteiger partial charge in [-0.05, 0) is 38.2 Å². The Morgan fingerprint density at radius 2 is 2.03 bits per heavy atom. The van der Waals surface area contributed by atoms with Crippen molar-refractivity contribution in [1.82, 2.24) is 19.7 Å². The van der Waals surface area contributed by atoms with Gasteiger partial charge in [-0.2, -0.15) is 10.4 Å². The fraction of sp³-hybridized carbons (Fsp3) is 0.348. The van der Waals surface area contributed by atoms with Gasteiger partial charge in [-0.15, -0.1) is 0 Å². The molecule has 3 atom stereocenters. The molecule has 0 spiro atoms. The third kappa shape index (κ3) is 3.24. The van der Waals surface area contributed by atoms with E-state index in [4.69, 9.17) is 20.3 Å². The molecule has 0 saturated carbocycles. The summed E-state index contributed by atoms with van der Waals surface area (Å²) in [5.74, 6) is 0.751. The minimum atomic E-state index is -0.542. The number of nitrogens with two attached hydrogens (primary N) is 1. The molecule has 1 aromatic carbocycles. The molecule has 4 heterocycles. The van der Waals surface area contributed by atoms with Crippen LogP contribution in [0.2, 0.25) is 0 Å². The molecule has 164 valence electrons. The van der Waals surface area contributed by atoms with Crippen LogP contribution in [0, 0.1) is 17.1 Å². The summed E-state index contributed by atoms with van der Waals surface area (Å²) >= 11 is 0. The van der Waals surface area contributed by atoms with Crippen molar-refractivity contribution in [1.29, 1.82) is 5.26 Å². The Balaban J connectivity index is 1.74. The maximum atomic E-state index is 14.1. The molecular weight excluding hydrogens is 411 g/mol. The Morgan fingerprint density at radius 3 is 2.81 bits per heavy atom. The molecule has 2 aliphatic heterocycles. The number of nitrogens with zero attached hydrogens (tertiary/aromatic N) is 5. The Kier molecular flexibility index (Phi) is 4.75. The van der Waals surface area contributed by atoms with Crippen LogP contribution in [0.5, 0.6) is 11.5 Å².